The van der Waals surface area contributed by atoms with E-state index in [2.05, 4.69) is 42.7 Å². The van der Waals surface area contributed by atoms with Crippen molar-refractivity contribution >= 4 is 11.7 Å². The van der Waals surface area contributed by atoms with Gasteiger partial charge in [-0.25, -0.2) is 0 Å². The summed E-state index contributed by atoms with van der Waals surface area (Å²) in [4.78, 5) is 15.2. The molecule has 2 aliphatic rings. The molecular formula is C17H22N2O2. The van der Waals surface area contributed by atoms with Crippen LogP contribution in [0.5, 0.6) is 0 Å². The van der Waals surface area contributed by atoms with Gasteiger partial charge in [0.05, 0.1) is 6.54 Å². The monoisotopic (exact) mass is 286 g/mol. The molecule has 0 radical (unpaired) electrons. The van der Waals surface area contributed by atoms with E-state index in [0.717, 1.165) is 38.2 Å². The van der Waals surface area contributed by atoms with Crippen molar-refractivity contribution in [3.63, 3.8) is 0 Å². The van der Waals surface area contributed by atoms with Crippen molar-refractivity contribution in [2.45, 2.75) is 25.2 Å². The van der Waals surface area contributed by atoms with Crippen molar-refractivity contribution in [1.82, 2.24) is 4.90 Å². The Bertz CT molecular complexity index is 574. The van der Waals surface area contributed by atoms with Crippen molar-refractivity contribution in [3.05, 3.63) is 42.1 Å². The van der Waals surface area contributed by atoms with E-state index < -0.39 is 5.97 Å². The lowest BCUT2D eigenvalue weighted by molar-refractivity contribution is -0.138. The summed E-state index contributed by atoms with van der Waals surface area (Å²) >= 11 is 0. The van der Waals surface area contributed by atoms with Gasteiger partial charge in [0.1, 0.15) is 0 Å². The molecule has 1 fully saturated rings. The van der Waals surface area contributed by atoms with Gasteiger partial charge in [0.15, 0.2) is 0 Å². The molecule has 4 heteroatoms. The summed E-state index contributed by atoms with van der Waals surface area (Å²) in [5.74, 6) is -0.735. The van der Waals surface area contributed by atoms with Crippen molar-refractivity contribution in [3.8, 4) is 0 Å². The van der Waals surface area contributed by atoms with E-state index in [1.807, 2.05) is 4.90 Å². The quantitative estimate of drug-likeness (QED) is 0.927. The predicted octanol–water partition coefficient (Wildman–Crippen LogP) is 2.46. The number of allylic oxidation sites excluding steroid dienone is 1. The van der Waals surface area contributed by atoms with Crippen LogP contribution in [0.4, 0.5) is 5.69 Å². The molecule has 0 bridgehead atoms. The standard InChI is InChI=1S/C17H22N2O2/c1-13(2)19-12-17(14-5-3-4-6-15(14)19)7-9-18(10-8-17)11-16(20)21/h3-6H,1,7-12H2,2H3,(H,20,21). The minimum absolute atomic E-state index is 0.155. The molecule has 2 heterocycles. The Morgan fingerprint density at radius 1 is 1.33 bits per heavy atom. The Labute approximate surface area is 125 Å². The predicted molar refractivity (Wildman–Crippen MR) is 83.6 cm³/mol. The number of hydrogen-bond donors (Lipinski definition) is 1. The van der Waals surface area contributed by atoms with E-state index in [1.165, 1.54) is 11.3 Å². The number of fused-ring (bicyclic) bond motifs is 2. The number of carboxylic acids is 1. The molecule has 4 nitrogen and oxygen atoms in total. The molecule has 0 unspecified atom stereocenters. The van der Waals surface area contributed by atoms with E-state index in [9.17, 15) is 4.79 Å². The zero-order valence-electron chi connectivity index (χ0n) is 12.5. The van der Waals surface area contributed by atoms with Crippen LogP contribution in [0.2, 0.25) is 0 Å². The Morgan fingerprint density at radius 2 is 2.00 bits per heavy atom. The molecule has 1 spiro atoms. The van der Waals surface area contributed by atoms with Gasteiger partial charge in [-0.05, 0) is 44.5 Å². The summed E-state index contributed by atoms with van der Waals surface area (Å²) in [5.41, 5.74) is 3.91. The fourth-order valence-corrected chi connectivity index (χ4v) is 3.73. The lowest BCUT2D eigenvalue weighted by Gasteiger charge is -2.39. The van der Waals surface area contributed by atoms with Crippen LogP contribution >= 0.6 is 0 Å². The minimum Gasteiger partial charge on any atom is -0.480 e. The molecule has 0 atom stereocenters. The van der Waals surface area contributed by atoms with Gasteiger partial charge in [-0.2, -0.15) is 0 Å². The van der Waals surface area contributed by atoms with Crippen molar-refractivity contribution < 1.29 is 9.90 Å². The zero-order chi connectivity index (χ0) is 15.0. The Hall–Kier alpha value is -1.81. The molecule has 21 heavy (non-hydrogen) atoms. The number of rotatable bonds is 3. The molecule has 112 valence electrons. The number of likely N-dealkylation sites (tertiary alicyclic amines) is 1. The summed E-state index contributed by atoms with van der Waals surface area (Å²) in [6, 6.07) is 8.58. The highest BCUT2D eigenvalue weighted by Gasteiger charge is 2.44. The number of para-hydroxylation sites is 1. The highest BCUT2D eigenvalue weighted by Crippen LogP contribution is 2.47. The highest BCUT2D eigenvalue weighted by molar-refractivity contribution is 5.69. The maximum atomic E-state index is 10.9. The second-order valence-corrected chi connectivity index (χ2v) is 6.29. The maximum Gasteiger partial charge on any atom is 0.317 e. The minimum atomic E-state index is -0.735. The molecule has 1 aromatic carbocycles. The first-order chi connectivity index (χ1) is 10.0. The zero-order valence-corrected chi connectivity index (χ0v) is 12.5. The van der Waals surface area contributed by atoms with E-state index in [0.29, 0.717) is 0 Å². The molecular weight excluding hydrogens is 264 g/mol. The van der Waals surface area contributed by atoms with Crippen LogP contribution in [0.3, 0.4) is 0 Å². The van der Waals surface area contributed by atoms with Crippen LogP contribution in [0.1, 0.15) is 25.3 Å². The molecule has 0 aliphatic carbocycles. The SMILES string of the molecule is C=C(C)N1CC2(CCN(CC(=O)O)CC2)c2ccccc21. The number of nitrogens with zero attached hydrogens (tertiary/aromatic N) is 2. The summed E-state index contributed by atoms with van der Waals surface area (Å²) in [6.07, 6.45) is 2.03. The van der Waals surface area contributed by atoms with Crippen LogP contribution in [0.15, 0.2) is 36.5 Å². The molecule has 0 saturated carbocycles. The molecule has 0 aromatic heterocycles. The topological polar surface area (TPSA) is 43.8 Å². The van der Waals surface area contributed by atoms with E-state index in [-0.39, 0.29) is 12.0 Å². The van der Waals surface area contributed by atoms with Gasteiger partial charge in [-0.1, -0.05) is 24.8 Å². The first kappa shape index (κ1) is 14.1. The number of anilines is 1. The molecule has 1 N–H and O–H groups in total. The fourth-order valence-electron chi connectivity index (χ4n) is 3.73. The third-order valence-corrected chi connectivity index (χ3v) is 4.86. The van der Waals surface area contributed by atoms with Gasteiger partial charge in [0.2, 0.25) is 0 Å². The van der Waals surface area contributed by atoms with Crippen molar-refractivity contribution in [1.29, 1.82) is 0 Å². The molecule has 2 aliphatic heterocycles. The van der Waals surface area contributed by atoms with Gasteiger partial charge in [0, 0.05) is 23.3 Å². The molecule has 1 saturated heterocycles. The van der Waals surface area contributed by atoms with E-state index >= 15 is 0 Å². The lowest BCUT2D eigenvalue weighted by atomic mass is 9.74. The second kappa shape index (κ2) is 5.19. The number of aliphatic carboxylic acids is 1. The fraction of sp³-hybridized carbons (Fsp3) is 0.471. The molecule has 1 aromatic rings. The molecule has 0 amide bonds. The number of piperidine rings is 1. The van der Waals surface area contributed by atoms with Gasteiger partial charge in [0.25, 0.3) is 0 Å². The van der Waals surface area contributed by atoms with Crippen LogP contribution in [0.25, 0.3) is 0 Å². The Kier molecular flexibility index (Phi) is 3.49. The second-order valence-electron chi connectivity index (χ2n) is 6.29. The highest BCUT2D eigenvalue weighted by atomic mass is 16.4. The van der Waals surface area contributed by atoms with Gasteiger partial charge in [-0.15, -0.1) is 0 Å². The summed E-state index contributed by atoms with van der Waals surface area (Å²) in [7, 11) is 0. The van der Waals surface area contributed by atoms with Crippen LogP contribution in [-0.2, 0) is 10.2 Å². The number of carbonyl (C=O) groups is 1. The van der Waals surface area contributed by atoms with E-state index in [4.69, 9.17) is 5.11 Å². The van der Waals surface area contributed by atoms with Gasteiger partial charge in [-0.3, -0.25) is 9.69 Å². The largest absolute Gasteiger partial charge is 0.480 e. The number of hydrogen-bond acceptors (Lipinski definition) is 3. The first-order valence-electron chi connectivity index (χ1n) is 7.48. The lowest BCUT2D eigenvalue weighted by Crippen LogP contribution is -2.46. The van der Waals surface area contributed by atoms with Gasteiger partial charge >= 0.3 is 5.97 Å². The van der Waals surface area contributed by atoms with Gasteiger partial charge < -0.3 is 10.0 Å². The van der Waals surface area contributed by atoms with Crippen molar-refractivity contribution in [2.75, 3.05) is 31.1 Å². The first-order valence-corrected chi connectivity index (χ1v) is 7.48. The average Bonchev–Trinajstić information content (AvgIpc) is 2.77. The summed E-state index contributed by atoms with van der Waals surface area (Å²) < 4.78 is 0. The third-order valence-electron chi connectivity index (χ3n) is 4.86. The van der Waals surface area contributed by atoms with Crippen LogP contribution < -0.4 is 4.90 Å². The molecule has 3 rings (SSSR count). The summed E-state index contributed by atoms with van der Waals surface area (Å²) in [5, 5.41) is 8.93. The van der Waals surface area contributed by atoms with E-state index in [1.54, 1.807) is 0 Å². The van der Waals surface area contributed by atoms with Crippen LogP contribution in [-0.4, -0.2) is 42.2 Å². The summed E-state index contributed by atoms with van der Waals surface area (Å²) in [6.45, 7) is 8.99. The normalized spacial score (nSPS) is 20.5. The average molecular weight is 286 g/mol. The number of benzene rings is 1. The van der Waals surface area contributed by atoms with Crippen molar-refractivity contribution in [2.24, 2.45) is 0 Å². The Morgan fingerprint density at radius 3 is 2.62 bits per heavy atom. The maximum absolute atomic E-state index is 10.9. The van der Waals surface area contributed by atoms with Crippen LogP contribution in [0, 0.1) is 0 Å². The Balaban J connectivity index is 1.84. The number of carboxylic acid groups (broad SMARTS) is 1. The smallest absolute Gasteiger partial charge is 0.317 e. The third kappa shape index (κ3) is 2.44.